The third-order valence-electron chi connectivity index (χ3n) is 4.08. The highest BCUT2D eigenvalue weighted by molar-refractivity contribution is 5.77. The molecule has 1 aromatic carbocycles. The summed E-state index contributed by atoms with van der Waals surface area (Å²) < 4.78 is 1.41. The standard InChI is InChI=1S/C18H17N5O2/c1-11(24)23-14(12-7-8-12)9-16(22-23)20-18-15(25)10-19-17(21-18)13-5-3-2-4-6-13/h2-6,9-10,12,25H,7-8H2,1H3,(H,19,20,21,22). The number of hydrogen-bond donors (Lipinski definition) is 2. The summed E-state index contributed by atoms with van der Waals surface area (Å²) in [6, 6.07) is 11.3. The second kappa shape index (κ2) is 6.01. The molecule has 7 nitrogen and oxygen atoms in total. The molecule has 2 heterocycles. The maximum Gasteiger partial charge on any atom is 0.244 e. The smallest absolute Gasteiger partial charge is 0.244 e. The Labute approximate surface area is 144 Å². The van der Waals surface area contributed by atoms with Crippen molar-refractivity contribution in [3.8, 4) is 17.1 Å². The molecule has 1 fully saturated rings. The molecule has 0 atom stereocenters. The Bertz CT molecular complexity index is 932. The summed E-state index contributed by atoms with van der Waals surface area (Å²) in [5.41, 5.74) is 1.74. The second-order valence-corrected chi connectivity index (χ2v) is 6.08. The SMILES string of the molecule is CC(=O)n1nc(Nc2nc(-c3ccccc3)ncc2O)cc1C1CC1. The van der Waals surface area contributed by atoms with E-state index in [1.165, 1.54) is 17.8 Å². The van der Waals surface area contributed by atoms with Crippen LogP contribution in [0.4, 0.5) is 11.6 Å². The van der Waals surface area contributed by atoms with E-state index in [2.05, 4.69) is 20.4 Å². The van der Waals surface area contributed by atoms with E-state index in [0.717, 1.165) is 24.1 Å². The fourth-order valence-electron chi connectivity index (χ4n) is 2.69. The van der Waals surface area contributed by atoms with Crippen molar-refractivity contribution in [1.82, 2.24) is 19.7 Å². The number of carbonyl (C=O) groups is 1. The average molecular weight is 335 g/mol. The van der Waals surface area contributed by atoms with Gasteiger partial charge < -0.3 is 10.4 Å². The maximum atomic E-state index is 11.8. The highest BCUT2D eigenvalue weighted by atomic mass is 16.3. The van der Waals surface area contributed by atoms with Gasteiger partial charge in [0.1, 0.15) is 0 Å². The van der Waals surface area contributed by atoms with Gasteiger partial charge in [-0.3, -0.25) is 4.79 Å². The van der Waals surface area contributed by atoms with Crippen molar-refractivity contribution in [2.24, 2.45) is 0 Å². The summed E-state index contributed by atoms with van der Waals surface area (Å²) in [5, 5.41) is 17.4. The van der Waals surface area contributed by atoms with Crippen LogP contribution in [0.15, 0.2) is 42.6 Å². The first kappa shape index (κ1) is 15.3. The van der Waals surface area contributed by atoms with Crippen molar-refractivity contribution in [1.29, 1.82) is 0 Å². The quantitative estimate of drug-likeness (QED) is 0.760. The van der Waals surface area contributed by atoms with Gasteiger partial charge in [-0.15, -0.1) is 5.10 Å². The summed E-state index contributed by atoms with van der Waals surface area (Å²) in [6.45, 7) is 1.48. The van der Waals surface area contributed by atoms with Gasteiger partial charge in [-0.05, 0) is 12.8 Å². The number of anilines is 2. The Morgan fingerprint density at radius 3 is 2.72 bits per heavy atom. The molecule has 25 heavy (non-hydrogen) atoms. The minimum absolute atomic E-state index is 0.0787. The topological polar surface area (TPSA) is 92.9 Å². The fourth-order valence-corrected chi connectivity index (χ4v) is 2.69. The Morgan fingerprint density at radius 1 is 1.28 bits per heavy atom. The van der Waals surface area contributed by atoms with Gasteiger partial charge >= 0.3 is 0 Å². The fraction of sp³-hybridized carbons (Fsp3) is 0.222. The van der Waals surface area contributed by atoms with E-state index in [-0.39, 0.29) is 17.5 Å². The molecule has 0 saturated heterocycles. The summed E-state index contributed by atoms with van der Waals surface area (Å²) in [4.78, 5) is 20.3. The summed E-state index contributed by atoms with van der Waals surface area (Å²) >= 11 is 0. The number of nitrogens with one attached hydrogen (secondary N) is 1. The van der Waals surface area contributed by atoms with Crippen LogP contribution in [0.25, 0.3) is 11.4 Å². The maximum absolute atomic E-state index is 11.8. The van der Waals surface area contributed by atoms with Crippen LogP contribution >= 0.6 is 0 Å². The molecule has 2 aromatic heterocycles. The van der Waals surface area contributed by atoms with Crippen molar-refractivity contribution in [2.45, 2.75) is 25.7 Å². The van der Waals surface area contributed by atoms with Gasteiger partial charge in [0.25, 0.3) is 0 Å². The van der Waals surface area contributed by atoms with E-state index < -0.39 is 0 Å². The molecular weight excluding hydrogens is 318 g/mol. The predicted molar refractivity (Wildman–Crippen MR) is 92.9 cm³/mol. The highest BCUT2D eigenvalue weighted by Crippen LogP contribution is 2.41. The molecule has 0 unspecified atom stereocenters. The van der Waals surface area contributed by atoms with Gasteiger partial charge in [0, 0.05) is 24.5 Å². The van der Waals surface area contributed by atoms with Crippen LogP contribution in [0, 0.1) is 0 Å². The van der Waals surface area contributed by atoms with Gasteiger partial charge in [0.05, 0.1) is 11.9 Å². The van der Waals surface area contributed by atoms with E-state index in [1.54, 1.807) is 0 Å². The Hall–Kier alpha value is -3.22. The molecule has 0 aliphatic heterocycles. The van der Waals surface area contributed by atoms with Gasteiger partial charge in [-0.2, -0.15) is 0 Å². The molecule has 2 N–H and O–H groups in total. The van der Waals surface area contributed by atoms with Gasteiger partial charge in [0.2, 0.25) is 5.91 Å². The minimum Gasteiger partial charge on any atom is -0.503 e. The van der Waals surface area contributed by atoms with E-state index in [1.807, 2.05) is 36.4 Å². The molecule has 7 heteroatoms. The molecule has 0 radical (unpaired) electrons. The van der Waals surface area contributed by atoms with E-state index in [9.17, 15) is 9.90 Å². The first-order valence-electron chi connectivity index (χ1n) is 8.11. The second-order valence-electron chi connectivity index (χ2n) is 6.08. The zero-order valence-corrected chi connectivity index (χ0v) is 13.7. The predicted octanol–water partition coefficient (Wildman–Crippen LogP) is 3.33. The lowest BCUT2D eigenvalue weighted by Gasteiger charge is -2.07. The van der Waals surface area contributed by atoms with Gasteiger partial charge in [0.15, 0.2) is 23.2 Å². The van der Waals surface area contributed by atoms with Crippen molar-refractivity contribution >= 4 is 17.5 Å². The minimum atomic E-state index is -0.133. The lowest BCUT2D eigenvalue weighted by molar-refractivity contribution is 0.0918. The molecule has 126 valence electrons. The van der Waals surface area contributed by atoms with E-state index >= 15 is 0 Å². The van der Waals surface area contributed by atoms with Crippen molar-refractivity contribution < 1.29 is 9.90 Å². The molecular formula is C18H17N5O2. The van der Waals surface area contributed by atoms with Crippen molar-refractivity contribution in [2.75, 3.05) is 5.32 Å². The van der Waals surface area contributed by atoms with Crippen LogP contribution in [0.3, 0.4) is 0 Å². The van der Waals surface area contributed by atoms with Gasteiger partial charge in [-0.25, -0.2) is 14.6 Å². The molecule has 1 aliphatic rings. The summed E-state index contributed by atoms with van der Waals surface area (Å²) in [5.74, 6) is 1.39. The first-order valence-corrected chi connectivity index (χ1v) is 8.11. The monoisotopic (exact) mass is 335 g/mol. The molecule has 4 rings (SSSR count). The Balaban J connectivity index is 1.67. The highest BCUT2D eigenvalue weighted by Gasteiger charge is 2.29. The molecule has 3 aromatic rings. The molecule has 1 saturated carbocycles. The summed E-state index contributed by atoms with van der Waals surface area (Å²) in [7, 11) is 0. The first-order chi connectivity index (χ1) is 12.1. The number of aromatic hydroxyl groups is 1. The Kier molecular flexibility index (Phi) is 3.68. The third kappa shape index (κ3) is 3.08. The van der Waals surface area contributed by atoms with Gasteiger partial charge in [-0.1, -0.05) is 30.3 Å². The van der Waals surface area contributed by atoms with E-state index in [4.69, 9.17) is 0 Å². The number of carbonyl (C=O) groups excluding carboxylic acids is 1. The van der Waals surface area contributed by atoms with Crippen LogP contribution in [0.1, 0.15) is 36.2 Å². The molecule has 0 amide bonds. The normalized spacial score (nSPS) is 13.6. The van der Waals surface area contributed by atoms with Crippen molar-refractivity contribution in [3.63, 3.8) is 0 Å². The van der Waals surface area contributed by atoms with Crippen LogP contribution in [0.5, 0.6) is 5.75 Å². The number of nitrogens with zero attached hydrogens (tertiary/aromatic N) is 4. The van der Waals surface area contributed by atoms with Crippen LogP contribution in [0.2, 0.25) is 0 Å². The van der Waals surface area contributed by atoms with Crippen LogP contribution in [-0.4, -0.2) is 30.8 Å². The molecule has 1 aliphatic carbocycles. The zero-order chi connectivity index (χ0) is 17.4. The average Bonchev–Trinajstić information content (AvgIpc) is 3.38. The number of rotatable bonds is 4. The summed E-state index contributed by atoms with van der Waals surface area (Å²) in [6.07, 6.45) is 3.48. The Morgan fingerprint density at radius 2 is 2.04 bits per heavy atom. The largest absolute Gasteiger partial charge is 0.503 e. The lowest BCUT2D eigenvalue weighted by atomic mass is 10.2. The van der Waals surface area contributed by atoms with E-state index in [0.29, 0.717) is 17.6 Å². The van der Waals surface area contributed by atoms with Crippen LogP contribution < -0.4 is 5.32 Å². The molecule has 0 spiro atoms. The molecule has 0 bridgehead atoms. The third-order valence-corrected chi connectivity index (χ3v) is 4.08. The van der Waals surface area contributed by atoms with Crippen molar-refractivity contribution in [3.05, 3.63) is 48.3 Å². The number of benzene rings is 1. The number of hydrogen-bond acceptors (Lipinski definition) is 6. The zero-order valence-electron chi connectivity index (χ0n) is 13.7. The van der Waals surface area contributed by atoms with Crippen LogP contribution in [-0.2, 0) is 0 Å². The number of aromatic nitrogens is 4. The lowest BCUT2D eigenvalue weighted by Crippen LogP contribution is -2.11.